The van der Waals surface area contributed by atoms with Crippen LogP contribution in [0.4, 0.5) is 0 Å². The second-order valence-corrected chi connectivity index (χ2v) is 6.71. The fourth-order valence-electron chi connectivity index (χ4n) is 2.37. The van der Waals surface area contributed by atoms with E-state index < -0.39 is 0 Å². The molecule has 0 fully saturated rings. The summed E-state index contributed by atoms with van der Waals surface area (Å²) in [6.45, 7) is 1.56. The third-order valence-corrected chi connectivity index (χ3v) is 4.37. The highest BCUT2D eigenvalue weighted by Gasteiger charge is 2.08. The van der Waals surface area contributed by atoms with Gasteiger partial charge in [0.2, 0.25) is 5.89 Å². The van der Waals surface area contributed by atoms with Crippen LogP contribution in [0.2, 0.25) is 0 Å². The molecule has 1 heterocycles. The van der Waals surface area contributed by atoms with Gasteiger partial charge in [0.05, 0.1) is 6.42 Å². The van der Waals surface area contributed by atoms with E-state index >= 15 is 0 Å². The Morgan fingerprint density at radius 2 is 1.75 bits per heavy atom. The molecule has 4 nitrogen and oxygen atoms in total. The number of hydrogen-bond acceptors (Lipinski definition) is 5. The molecule has 0 aliphatic carbocycles. The molecule has 0 spiro atoms. The lowest BCUT2D eigenvalue weighted by atomic mass is 10.0. The quantitative estimate of drug-likeness (QED) is 0.676. The van der Waals surface area contributed by atoms with Gasteiger partial charge in [0.25, 0.3) is 0 Å². The molecule has 0 radical (unpaired) electrons. The van der Waals surface area contributed by atoms with Crippen molar-refractivity contribution in [3.05, 3.63) is 71.9 Å². The van der Waals surface area contributed by atoms with E-state index in [4.69, 9.17) is 4.52 Å². The normalized spacial score (nSPS) is 10.7. The summed E-state index contributed by atoms with van der Waals surface area (Å²) in [4.78, 5) is 15.3. The van der Waals surface area contributed by atoms with Crippen molar-refractivity contribution in [2.24, 2.45) is 0 Å². The molecule has 122 valence electrons. The van der Waals surface area contributed by atoms with Crippen LogP contribution in [-0.4, -0.2) is 21.0 Å². The maximum Gasteiger partial charge on any atom is 0.231 e. The molecule has 0 N–H and O–H groups in total. The van der Waals surface area contributed by atoms with Gasteiger partial charge in [0.15, 0.2) is 10.9 Å². The molecule has 0 aliphatic rings. The van der Waals surface area contributed by atoms with Crippen LogP contribution in [0.25, 0.3) is 11.1 Å². The molecular formula is C19H18N2O2S. The van der Waals surface area contributed by atoms with E-state index in [2.05, 4.69) is 46.5 Å². The van der Waals surface area contributed by atoms with Crippen molar-refractivity contribution in [2.75, 3.05) is 5.75 Å². The number of nitrogens with zero attached hydrogens (tertiary/aromatic N) is 2. The summed E-state index contributed by atoms with van der Waals surface area (Å²) >= 11 is 1.28. The second kappa shape index (κ2) is 7.93. The number of carbonyl (C=O) groups excluding carboxylic acids is 1. The Morgan fingerprint density at radius 3 is 2.46 bits per heavy atom. The summed E-state index contributed by atoms with van der Waals surface area (Å²) in [7, 11) is 0. The zero-order valence-electron chi connectivity index (χ0n) is 13.4. The van der Waals surface area contributed by atoms with Crippen LogP contribution >= 0.6 is 11.8 Å². The van der Waals surface area contributed by atoms with E-state index in [1.165, 1.54) is 22.9 Å². The topological polar surface area (TPSA) is 56.0 Å². The Hall–Kier alpha value is -2.40. The summed E-state index contributed by atoms with van der Waals surface area (Å²) in [6.07, 6.45) is 1.25. The van der Waals surface area contributed by atoms with Crippen molar-refractivity contribution in [2.45, 2.75) is 19.8 Å². The lowest BCUT2D eigenvalue weighted by Gasteiger charge is -2.02. The largest absolute Gasteiger partial charge is 0.339 e. The van der Waals surface area contributed by atoms with Gasteiger partial charge < -0.3 is 4.52 Å². The number of aromatic nitrogens is 2. The summed E-state index contributed by atoms with van der Waals surface area (Å²) in [5.41, 5.74) is 3.52. The van der Waals surface area contributed by atoms with Gasteiger partial charge in [0, 0.05) is 19.1 Å². The van der Waals surface area contributed by atoms with Crippen molar-refractivity contribution in [1.29, 1.82) is 0 Å². The lowest BCUT2D eigenvalue weighted by molar-refractivity contribution is -0.109. The average Bonchev–Trinajstić information content (AvgIpc) is 3.03. The minimum Gasteiger partial charge on any atom is -0.339 e. The maximum absolute atomic E-state index is 10.9. The summed E-state index contributed by atoms with van der Waals surface area (Å²) in [5.74, 6) is 1.94. The Labute approximate surface area is 145 Å². The number of benzene rings is 2. The lowest BCUT2D eigenvalue weighted by Crippen LogP contribution is -1.95. The number of carbonyl (C=O) groups is 1. The molecule has 5 heteroatoms. The highest BCUT2D eigenvalue weighted by Crippen LogP contribution is 2.20. The van der Waals surface area contributed by atoms with Gasteiger partial charge in [-0.1, -0.05) is 71.5 Å². The first-order valence-corrected chi connectivity index (χ1v) is 8.78. The second-order valence-electron chi connectivity index (χ2n) is 5.43. The Bertz CT molecular complexity index is 798. The van der Waals surface area contributed by atoms with E-state index in [1.807, 2.05) is 18.2 Å². The van der Waals surface area contributed by atoms with Gasteiger partial charge in [0.1, 0.15) is 0 Å². The van der Waals surface area contributed by atoms with Crippen LogP contribution in [-0.2, 0) is 17.6 Å². The van der Waals surface area contributed by atoms with Crippen molar-refractivity contribution < 1.29 is 9.32 Å². The van der Waals surface area contributed by atoms with Crippen molar-refractivity contribution in [1.82, 2.24) is 10.1 Å². The van der Waals surface area contributed by atoms with Crippen molar-refractivity contribution >= 4 is 16.9 Å². The van der Waals surface area contributed by atoms with Gasteiger partial charge in [-0.15, -0.1) is 0 Å². The van der Waals surface area contributed by atoms with Crippen molar-refractivity contribution in [3.63, 3.8) is 0 Å². The molecule has 24 heavy (non-hydrogen) atoms. The van der Waals surface area contributed by atoms with Crippen LogP contribution in [0.5, 0.6) is 0 Å². The number of hydrogen-bond donors (Lipinski definition) is 0. The minimum absolute atomic E-state index is 0.109. The van der Waals surface area contributed by atoms with Gasteiger partial charge in [-0.05, 0) is 16.7 Å². The van der Waals surface area contributed by atoms with Crippen LogP contribution in [0.1, 0.15) is 24.2 Å². The predicted molar refractivity (Wildman–Crippen MR) is 95.8 cm³/mol. The fourth-order valence-corrected chi connectivity index (χ4v) is 2.94. The van der Waals surface area contributed by atoms with Crippen LogP contribution in [0.3, 0.4) is 0 Å². The van der Waals surface area contributed by atoms with E-state index in [9.17, 15) is 4.79 Å². The smallest absolute Gasteiger partial charge is 0.231 e. The molecule has 3 rings (SSSR count). The Morgan fingerprint density at radius 1 is 1.04 bits per heavy atom. The molecule has 0 aliphatic heterocycles. The van der Waals surface area contributed by atoms with E-state index in [-0.39, 0.29) is 5.12 Å². The zero-order chi connectivity index (χ0) is 16.8. The van der Waals surface area contributed by atoms with E-state index in [0.717, 1.165) is 5.56 Å². The molecular weight excluding hydrogens is 320 g/mol. The first-order chi connectivity index (χ1) is 11.7. The molecule has 0 saturated heterocycles. The summed E-state index contributed by atoms with van der Waals surface area (Å²) in [5, 5.41) is 4.07. The van der Waals surface area contributed by atoms with Gasteiger partial charge in [-0.25, -0.2) is 0 Å². The highest BCUT2D eigenvalue weighted by molar-refractivity contribution is 8.13. The maximum atomic E-state index is 10.9. The monoisotopic (exact) mass is 338 g/mol. The third-order valence-electron chi connectivity index (χ3n) is 3.56. The van der Waals surface area contributed by atoms with Crippen molar-refractivity contribution in [3.8, 4) is 11.1 Å². The Balaban J connectivity index is 1.60. The fraction of sp³-hybridized carbons (Fsp3) is 0.211. The molecule has 0 saturated carbocycles. The van der Waals surface area contributed by atoms with E-state index in [1.54, 1.807) is 6.92 Å². The van der Waals surface area contributed by atoms with E-state index in [0.29, 0.717) is 30.3 Å². The number of rotatable bonds is 6. The molecule has 0 amide bonds. The number of thioether (sulfide) groups is 1. The van der Waals surface area contributed by atoms with Gasteiger partial charge >= 0.3 is 0 Å². The highest BCUT2D eigenvalue weighted by atomic mass is 32.2. The summed E-state index contributed by atoms with van der Waals surface area (Å²) in [6, 6.07) is 18.6. The molecule has 2 aromatic carbocycles. The minimum atomic E-state index is 0.109. The van der Waals surface area contributed by atoms with Gasteiger partial charge in [-0.2, -0.15) is 4.98 Å². The molecule has 1 aromatic heterocycles. The SMILES string of the molecule is CC(=O)SCCc1noc(Cc2ccc(-c3ccccc3)cc2)n1. The molecule has 3 aromatic rings. The molecule has 0 atom stereocenters. The zero-order valence-corrected chi connectivity index (χ0v) is 14.3. The van der Waals surface area contributed by atoms with Crippen LogP contribution in [0.15, 0.2) is 59.1 Å². The van der Waals surface area contributed by atoms with Crippen LogP contribution in [0, 0.1) is 0 Å². The number of aryl methyl sites for hydroxylation is 1. The third kappa shape index (κ3) is 4.55. The predicted octanol–water partition coefficient (Wildman–Crippen LogP) is 4.15. The summed E-state index contributed by atoms with van der Waals surface area (Å²) < 4.78 is 5.29. The molecule has 0 unspecified atom stereocenters. The average molecular weight is 338 g/mol. The Kier molecular flexibility index (Phi) is 5.43. The van der Waals surface area contributed by atoms with Gasteiger partial charge in [-0.3, -0.25) is 4.79 Å². The first kappa shape index (κ1) is 16.5. The first-order valence-electron chi connectivity index (χ1n) is 7.80. The molecule has 0 bridgehead atoms. The van der Waals surface area contributed by atoms with Crippen LogP contribution < -0.4 is 0 Å². The standard InChI is InChI=1S/C19H18N2O2S/c1-14(22)24-12-11-18-20-19(23-21-18)13-15-7-9-17(10-8-15)16-5-3-2-4-6-16/h2-10H,11-13H2,1H3.